The average molecular weight is 272 g/mol. The lowest BCUT2D eigenvalue weighted by atomic mass is 10.0. The van der Waals surface area contributed by atoms with E-state index < -0.39 is 0 Å². The zero-order valence-corrected chi connectivity index (χ0v) is 12.9. The third-order valence-electron chi connectivity index (χ3n) is 3.60. The van der Waals surface area contributed by atoms with Crippen molar-refractivity contribution in [1.82, 2.24) is 9.88 Å². The lowest BCUT2D eigenvalue weighted by molar-refractivity contribution is -0.0707. The number of aromatic nitrogens is 1. The lowest BCUT2D eigenvalue weighted by Crippen LogP contribution is -2.44. The fourth-order valence-electron chi connectivity index (χ4n) is 2.74. The minimum absolute atomic E-state index is 0.277. The summed E-state index contributed by atoms with van der Waals surface area (Å²) in [6, 6.07) is 4.19. The fourth-order valence-corrected chi connectivity index (χ4v) is 2.74. The van der Waals surface area contributed by atoms with Gasteiger partial charge in [0.15, 0.2) is 0 Å². The molecular formula is C17H24N2O. The first-order chi connectivity index (χ1) is 9.47. The number of morpholine rings is 1. The predicted molar refractivity (Wildman–Crippen MR) is 81.5 cm³/mol. The van der Waals surface area contributed by atoms with Gasteiger partial charge in [0.05, 0.1) is 17.9 Å². The van der Waals surface area contributed by atoms with Gasteiger partial charge in [0.2, 0.25) is 0 Å². The quantitative estimate of drug-likeness (QED) is 0.791. The number of terminal acetylenes is 1. The molecule has 0 bridgehead atoms. The van der Waals surface area contributed by atoms with Crippen molar-refractivity contribution in [2.75, 3.05) is 13.1 Å². The van der Waals surface area contributed by atoms with Gasteiger partial charge in [0, 0.05) is 19.6 Å². The molecule has 0 saturated carbocycles. The highest BCUT2D eigenvalue weighted by Gasteiger charge is 2.22. The molecule has 3 nitrogen and oxygen atoms in total. The highest BCUT2D eigenvalue weighted by atomic mass is 16.5. The topological polar surface area (TPSA) is 25.4 Å². The molecule has 1 aromatic rings. The summed E-state index contributed by atoms with van der Waals surface area (Å²) in [4.78, 5) is 6.95. The highest BCUT2D eigenvalue weighted by molar-refractivity contribution is 5.32. The maximum absolute atomic E-state index is 5.77. The lowest BCUT2D eigenvalue weighted by Gasteiger charge is -2.35. The summed E-state index contributed by atoms with van der Waals surface area (Å²) < 4.78 is 5.77. The van der Waals surface area contributed by atoms with Crippen LogP contribution in [0.5, 0.6) is 0 Å². The van der Waals surface area contributed by atoms with Crippen LogP contribution < -0.4 is 0 Å². The molecule has 1 aromatic heterocycles. The van der Waals surface area contributed by atoms with E-state index in [9.17, 15) is 0 Å². The van der Waals surface area contributed by atoms with E-state index in [1.165, 1.54) is 5.56 Å². The second-order valence-corrected chi connectivity index (χ2v) is 6.03. The van der Waals surface area contributed by atoms with Crippen molar-refractivity contribution in [3.63, 3.8) is 0 Å². The largest absolute Gasteiger partial charge is 0.373 e. The Morgan fingerprint density at radius 3 is 2.55 bits per heavy atom. The maximum Gasteiger partial charge on any atom is 0.113 e. The second kappa shape index (κ2) is 6.39. The molecule has 0 unspecified atom stereocenters. The first kappa shape index (κ1) is 15.0. The SMILES string of the molecule is C#Cc1cc(C(C)C)cc(CN2C[C@@H](C)O[C@@H](C)C2)n1. The molecule has 1 aliphatic rings. The van der Waals surface area contributed by atoms with E-state index in [0.29, 0.717) is 5.92 Å². The predicted octanol–water partition coefficient (Wildman–Crippen LogP) is 2.80. The van der Waals surface area contributed by atoms with Gasteiger partial charge in [-0.25, -0.2) is 4.98 Å². The highest BCUT2D eigenvalue weighted by Crippen LogP contribution is 2.19. The number of hydrogen-bond acceptors (Lipinski definition) is 3. The molecule has 1 aliphatic heterocycles. The summed E-state index contributed by atoms with van der Waals surface area (Å²) >= 11 is 0. The third-order valence-corrected chi connectivity index (χ3v) is 3.60. The molecular weight excluding hydrogens is 248 g/mol. The molecule has 1 fully saturated rings. The Balaban J connectivity index is 2.16. The van der Waals surface area contributed by atoms with Gasteiger partial charge in [-0.15, -0.1) is 6.42 Å². The molecule has 0 radical (unpaired) electrons. The summed E-state index contributed by atoms with van der Waals surface area (Å²) in [7, 11) is 0. The van der Waals surface area contributed by atoms with Gasteiger partial charge in [-0.2, -0.15) is 0 Å². The average Bonchev–Trinajstić information content (AvgIpc) is 2.36. The molecule has 2 atom stereocenters. The van der Waals surface area contributed by atoms with E-state index in [4.69, 9.17) is 11.2 Å². The summed E-state index contributed by atoms with van der Waals surface area (Å²) in [6.45, 7) is 11.3. The molecule has 108 valence electrons. The fraction of sp³-hybridized carbons (Fsp3) is 0.588. The monoisotopic (exact) mass is 272 g/mol. The molecule has 3 heteroatoms. The van der Waals surface area contributed by atoms with Gasteiger partial charge >= 0.3 is 0 Å². The number of rotatable bonds is 3. The van der Waals surface area contributed by atoms with Gasteiger partial charge in [0.1, 0.15) is 5.69 Å². The molecule has 0 spiro atoms. The number of pyridine rings is 1. The molecule has 0 N–H and O–H groups in total. The van der Waals surface area contributed by atoms with Crippen molar-refractivity contribution in [2.24, 2.45) is 0 Å². The molecule has 0 amide bonds. The van der Waals surface area contributed by atoms with E-state index in [1.807, 2.05) is 6.07 Å². The van der Waals surface area contributed by atoms with E-state index in [0.717, 1.165) is 31.0 Å². The van der Waals surface area contributed by atoms with Crippen LogP contribution in [0.25, 0.3) is 0 Å². The first-order valence-electron chi connectivity index (χ1n) is 7.33. The third kappa shape index (κ3) is 3.82. The minimum atomic E-state index is 0.277. The van der Waals surface area contributed by atoms with Crippen molar-refractivity contribution >= 4 is 0 Å². The summed E-state index contributed by atoms with van der Waals surface area (Å²) in [5.41, 5.74) is 3.06. The molecule has 0 aliphatic carbocycles. The first-order valence-corrected chi connectivity index (χ1v) is 7.33. The molecule has 0 aromatic carbocycles. The van der Waals surface area contributed by atoms with Crippen LogP contribution in [0.4, 0.5) is 0 Å². The van der Waals surface area contributed by atoms with Crippen molar-refractivity contribution in [1.29, 1.82) is 0 Å². The van der Waals surface area contributed by atoms with Crippen LogP contribution in [0.2, 0.25) is 0 Å². The van der Waals surface area contributed by atoms with Crippen LogP contribution in [0, 0.1) is 12.3 Å². The van der Waals surface area contributed by atoms with Crippen LogP contribution >= 0.6 is 0 Å². The summed E-state index contributed by atoms with van der Waals surface area (Å²) in [6.07, 6.45) is 6.07. The summed E-state index contributed by atoms with van der Waals surface area (Å²) in [5, 5.41) is 0. The van der Waals surface area contributed by atoms with Crippen molar-refractivity contribution in [3.8, 4) is 12.3 Å². The molecule has 2 rings (SSSR count). The van der Waals surface area contributed by atoms with E-state index in [-0.39, 0.29) is 12.2 Å². The number of ether oxygens (including phenoxy) is 1. The number of nitrogens with zero attached hydrogens (tertiary/aromatic N) is 2. The Morgan fingerprint density at radius 1 is 1.35 bits per heavy atom. The van der Waals surface area contributed by atoms with Crippen LogP contribution in [0.1, 0.15) is 50.6 Å². The zero-order valence-electron chi connectivity index (χ0n) is 12.9. The van der Waals surface area contributed by atoms with Crippen molar-refractivity contribution in [3.05, 3.63) is 29.1 Å². The van der Waals surface area contributed by atoms with Gasteiger partial charge in [-0.1, -0.05) is 19.8 Å². The zero-order chi connectivity index (χ0) is 14.7. The Bertz CT molecular complexity index is 494. The van der Waals surface area contributed by atoms with E-state index >= 15 is 0 Å². The van der Waals surface area contributed by atoms with E-state index in [2.05, 4.69) is 49.6 Å². The Hall–Kier alpha value is -1.37. The van der Waals surface area contributed by atoms with Crippen LogP contribution in [0.3, 0.4) is 0 Å². The van der Waals surface area contributed by atoms with Crippen molar-refractivity contribution < 1.29 is 4.74 Å². The van der Waals surface area contributed by atoms with Crippen LogP contribution in [0.15, 0.2) is 12.1 Å². The van der Waals surface area contributed by atoms with Gasteiger partial charge < -0.3 is 4.74 Å². The van der Waals surface area contributed by atoms with E-state index in [1.54, 1.807) is 0 Å². The standard InChI is InChI=1S/C17H24N2O/c1-6-16-7-15(12(2)3)8-17(18-16)11-19-9-13(4)20-14(5)10-19/h1,7-8,12-14H,9-11H2,2-5H3/t13-,14+. The molecule has 2 heterocycles. The van der Waals surface area contributed by atoms with Crippen LogP contribution in [-0.4, -0.2) is 35.2 Å². The minimum Gasteiger partial charge on any atom is -0.373 e. The van der Waals surface area contributed by atoms with Crippen molar-refractivity contribution in [2.45, 2.75) is 52.4 Å². The Morgan fingerprint density at radius 2 is 2.00 bits per heavy atom. The van der Waals surface area contributed by atoms with Crippen LogP contribution in [-0.2, 0) is 11.3 Å². The molecule has 1 saturated heterocycles. The van der Waals surface area contributed by atoms with Gasteiger partial charge in [-0.3, -0.25) is 4.90 Å². The summed E-state index contributed by atoms with van der Waals surface area (Å²) in [5.74, 6) is 3.13. The normalized spacial score (nSPS) is 23.8. The van der Waals surface area contributed by atoms with Gasteiger partial charge in [-0.05, 0) is 37.5 Å². The smallest absolute Gasteiger partial charge is 0.113 e. The maximum atomic E-state index is 5.77. The Kier molecular flexibility index (Phi) is 4.80. The number of hydrogen-bond donors (Lipinski definition) is 0. The second-order valence-electron chi connectivity index (χ2n) is 6.03. The van der Waals surface area contributed by atoms with Gasteiger partial charge in [0.25, 0.3) is 0 Å². The molecule has 20 heavy (non-hydrogen) atoms. The Labute approximate surface area is 122 Å².